The molecule has 0 radical (unpaired) electrons. The fourth-order valence-electron chi connectivity index (χ4n) is 1.40. The highest BCUT2D eigenvalue weighted by Crippen LogP contribution is 2.16. The second-order valence-electron chi connectivity index (χ2n) is 3.70. The van der Waals surface area contributed by atoms with Gasteiger partial charge in [0.1, 0.15) is 5.52 Å². The summed E-state index contributed by atoms with van der Waals surface area (Å²) in [5.41, 5.74) is 12.2. The van der Waals surface area contributed by atoms with Gasteiger partial charge in [0.25, 0.3) is 0 Å². The van der Waals surface area contributed by atoms with E-state index in [0.29, 0.717) is 17.7 Å². The topological polar surface area (TPSA) is 136 Å². The van der Waals surface area contributed by atoms with Crippen LogP contribution < -0.4 is 11.5 Å². The molecule has 0 aliphatic rings. The molecule has 100 valence electrons. The number of fused-ring (bicyclic) bond motifs is 1. The molecule has 0 spiro atoms. The fraction of sp³-hybridized carbons (Fsp3) is 0.500. The molecule has 0 aromatic carbocycles. The predicted octanol–water partition coefficient (Wildman–Crippen LogP) is -0.630. The van der Waals surface area contributed by atoms with Crippen LogP contribution in [0.5, 0.6) is 0 Å². The van der Waals surface area contributed by atoms with E-state index in [4.69, 9.17) is 16.6 Å². The van der Waals surface area contributed by atoms with Gasteiger partial charge in [-0.3, -0.25) is 0 Å². The van der Waals surface area contributed by atoms with E-state index >= 15 is 0 Å². The van der Waals surface area contributed by atoms with Crippen molar-refractivity contribution in [3.8, 4) is 0 Å². The summed E-state index contributed by atoms with van der Waals surface area (Å²) in [4.78, 5) is 11.9. The van der Waals surface area contributed by atoms with Crippen molar-refractivity contribution in [2.45, 2.75) is 26.5 Å². The van der Waals surface area contributed by atoms with Crippen LogP contribution in [-0.2, 0) is 6.54 Å². The molecule has 8 nitrogen and oxygen atoms in total. The number of aliphatic hydroxyl groups is 2. The molecule has 0 saturated heterocycles. The number of imidazole rings is 1. The molecule has 0 saturated carbocycles. The third-order valence-corrected chi connectivity index (χ3v) is 1.97. The number of aliphatic hydroxyl groups excluding tert-OH is 2. The molecule has 18 heavy (non-hydrogen) atoms. The van der Waals surface area contributed by atoms with Gasteiger partial charge in [-0.05, 0) is 13.8 Å². The molecule has 2 rings (SSSR count). The highest BCUT2D eigenvalue weighted by atomic mass is 16.3. The van der Waals surface area contributed by atoms with E-state index in [9.17, 15) is 5.11 Å². The van der Waals surface area contributed by atoms with Crippen molar-refractivity contribution in [1.82, 2.24) is 19.5 Å². The highest BCUT2D eigenvalue weighted by Gasteiger charge is 2.10. The average Bonchev–Trinajstić information content (AvgIpc) is 2.62. The van der Waals surface area contributed by atoms with Crippen molar-refractivity contribution >= 4 is 22.9 Å². The number of rotatable bonds is 2. The zero-order chi connectivity index (χ0) is 13.7. The van der Waals surface area contributed by atoms with Gasteiger partial charge in [0.2, 0.25) is 5.95 Å². The lowest BCUT2D eigenvalue weighted by Crippen LogP contribution is -2.12. The van der Waals surface area contributed by atoms with Crippen LogP contribution in [-0.4, -0.2) is 42.4 Å². The molecular weight excluding hydrogens is 236 g/mol. The van der Waals surface area contributed by atoms with Gasteiger partial charge in [0.15, 0.2) is 11.5 Å². The van der Waals surface area contributed by atoms with Crippen LogP contribution in [0.3, 0.4) is 0 Å². The van der Waals surface area contributed by atoms with E-state index < -0.39 is 6.10 Å². The molecular formula is C10H18N6O2. The Hall–Kier alpha value is -1.93. The van der Waals surface area contributed by atoms with Crippen LogP contribution in [0.4, 0.5) is 11.8 Å². The summed E-state index contributed by atoms with van der Waals surface area (Å²) in [6.45, 7) is 4.01. The van der Waals surface area contributed by atoms with Gasteiger partial charge in [-0.15, -0.1) is 0 Å². The third kappa shape index (κ3) is 3.28. The van der Waals surface area contributed by atoms with E-state index in [1.54, 1.807) is 24.7 Å². The first-order chi connectivity index (χ1) is 8.49. The molecule has 0 unspecified atom stereocenters. The maximum Gasteiger partial charge on any atom is 0.224 e. The summed E-state index contributed by atoms with van der Waals surface area (Å²) in [6.07, 6.45) is 1.07. The van der Waals surface area contributed by atoms with Crippen LogP contribution in [0.2, 0.25) is 0 Å². The Labute approximate surface area is 104 Å². The minimum absolute atomic E-state index is 0.104. The van der Waals surface area contributed by atoms with Gasteiger partial charge in [0.05, 0.1) is 19.0 Å². The van der Waals surface area contributed by atoms with Crippen molar-refractivity contribution in [1.29, 1.82) is 0 Å². The van der Waals surface area contributed by atoms with Crippen molar-refractivity contribution in [2.75, 3.05) is 18.1 Å². The second-order valence-corrected chi connectivity index (χ2v) is 3.70. The summed E-state index contributed by atoms with van der Waals surface area (Å²) in [5.74, 6) is 0.356. The first-order valence-corrected chi connectivity index (χ1v) is 5.52. The SMILES string of the molecule is CCO.C[C@@H](O)Cn1cnc2c(N)nc(N)nc21. The largest absolute Gasteiger partial charge is 0.397 e. The molecule has 0 amide bonds. The fourth-order valence-corrected chi connectivity index (χ4v) is 1.40. The molecule has 2 aromatic heterocycles. The molecule has 2 heterocycles. The molecule has 8 heteroatoms. The van der Waals surface area contributed by atoms with Gasteiger partial charge in [-0.25, -0.2) is 4.98 Å². The van der Waals surface area contributed by atoms with Gasteiger partial charge < -0.3 is 26.2 Å². The van der Waals surface area contributed by atoms with Gasteiger partial charge in [-0.1, -0.05) is 0 Å². The van der Waals surface area contributed by atoms with Crippen LogP contribution in [0.15, 0.2) is 6.33 Å². The third-order valence-electron chi connectivity index (χ3n) is 1.97. The Morgan fingerprint density at radius 2 is 2.00 bits per heavy atom. The number of anilines is 2. The quantitative estimate of drug-likeness (QED) is 0.560. The predicted molar refractivity (Wildman–Crippen MR) is 68.6 cm³/mol. The Morgan fingerprint density at radius 1 is 1.39 bits per heavy atom. The normalized spacial score (nSPS) is 12.0. The van der Waals surface area contributed by atoms with Crippen LogP contribution >= 0.6 is 0 Å². The first-order valence-electron chi connectivity index (χ1n) is 5.52. The van der Waals surface area contributed by atoms with Gasteiger partial charge in [-0.2, -0.15) is 9.97 Å². The molecule has 0 fully saturated rings. The lowest BCUT2D eigenvalue weighted by molar-refractivity contribution is 0.175. The number of hydrogen-bond acceptors (Lipinski definition) is 7. The second kappa shape index (κ2) is 6.12. The van der Waals surface area contributed by atoms with Crippen molar-refractivity contribution < 1.29 is 10.2 Å². The zero-order valence-corrected chi connectivity index (χ0v) is 10.4. The van der Waals surface area contributed by atoms with Crippen molar-refractivity contribution in [3.63, 3.8) is 0 Å². The minimum atomic E-state index is -0.486. The lowest BCUT2D eigenvalue weighted by Gasteiger charge is -2.06. The van der Waals surface area contributed by atoms with Crippen molar-refractivity contribution in [3.05, 3.63) is 6.33 Å². The monoisotopic (exact) mass is 254 g/mol. The number of nitrogens with two attached hydrogens (primary N) is 2. The maximum atomic E-state index is 9.27. The maximum absolute atomic E-state index is 9.27. The van der Waals surface area contributed by atoms with E-state index in [2.05, 4.69) is 15.0 Å². The highest BCUT2D eigenvalue weighted by molar-refractivity contribution is 5.82. The number of aromatic nitrogens is 4. The Balaban J connectivity index is 0.000000492. The Kier molecular flexibility index (Phi) is 4.81. The first kappa shape index (κ1) is 14.1. The lowest BCUT2D eigenvalue weighted by atomic mass is 10.4. The minimum Gasteiger partial charge on any atom is -0.397 e. The van der Waals surface area contributed by atoms with E-state index in [-0.39, 0.29) is 18.4 Å². The molecule has 1 atom stereocenters. The summed E-state index contributed by atoms with van der Waals surface area (Å²) in [5, 5.41) is 16.8. The van der Waals surface area contributed by atoms with E-state index in [0.717, 1.165) is 0 Å². The van der Waals surface area contributed by atoms with Crippen LogP contribution in [0, 0.1) is 0 Å². The molecule has 0 aliphatic heterocycles. The van der Waals surface area contributed by atoms with Crippen LogP contribution in [0.25, 0.3) is 11.2 Å². The number of nitrogens with zero attached hydrogens (tertiary/aromatic N) is 4. The van der Waals surface area contributed by atoms with Crippen LogP contribution in [0.1, 0.15) is 13.8 Å². The standard InChI is InChI=1S/C8H12N6O.C2H6O/c1-4(15)2-14-3-11-5-6(9)12-8(10)13-7(5)14;1-2-3/h3-4,15H,2H2,1H3,(H4,9,10,12,13);3H,2H2,1H3/t4-;/m1./s1. The summed E-state index contributed by atoms with van der Waals surface area (Å²) in [7, 11) is 0. The number of nitrogen functional groups attached to an aromatic ring is 2. The molecule has 0 aliphatic carbocycles. The average molecular weight is 254 g/mol. The molecule has 6 N–H and O–H groups in total. The Morgan fingerprint density at radius 3 is 2.56 bits per heavy atom. The molecule has 0 bridgehead atoms. The van der Waals surface area contributed by atoms with Gasteiger partial charge in [0, 0.05) is 6.61 Å². The van der Waals surface area contributed by atoms with Gasteiger partial charge >= 0.3 is 0 Å². The van der Waals surface area contributed by atoms with E-state index in [1.807, 2.05) is 0 Å². The summed E-state index contributed by atoms with van der Waals surface area (Å²) in [6, 6.07) is 0. The number of hydrogen-bond donors (Lipinski definition) is 4. The summed E-state index contributed by atoms with van der Waals surface area (Å²) < 4.78 is 1.69. The smallest absolute Gasteiger partial charge is 0.224 e. The zero-order valence-electron chi connectivity index (χ0n) is 10.4. The Bertz CT molecular complexity index is 510. The summed E-state index contributed by atoms with van der Waals surface area (Å²) >= 11 is 0. The van der Waals surface area contributed by atoms with Crippen molar-refractivity contribution in [2.24, 2.45) is 0 Å². The molecule has 2 aromatic rings. The van der Waals surface area contributed by atoms with E-state index in [1.165, 1.54) is 0 Å².